The largest absolute Gasteiger partial charge is 0.396 e. The molecular weight excluding hydrogens is 224 g/mol. The molecule has 1 aromatic carbocycles. The topological polar surface area (TPSA) is 48.0 Å². The van der Waals surface area contributed by atoms with Crippen molar-refractivity contribution in [1.29, 1.82) is 0 Å². The minimum Gasteiger partial charge on any atom is -0.396 e. The van der Waals surface area contributed by atoms with E-state index in [2.05, 4.69) is 48.5 Å². The van der Waals surface area contributed by atoms with E-state index >= 15 is 0 Å². The molecule has 3 nitrogen and oxygen atoms in total. The standard InChI is InChI=1S/C15H22N2O/c1-11(2)14(7-8-18)16-9-12-10-17-15-6-4-3-5-13(12)15/h3-6,10-11,14,16-18H,7-9H2,1-2H3. The van der Waals surface area contributed by atoms with E-state index < -0.39 is 0 Å². The predicted octanol–water partition coefficient (Wildman–Crippen LogP) is 2.66. The number of hydrogen-bond acceptors (Lipinski definition) is 2. The van der Waals surface area contributed by atoms with Gasteiger partial charge in [-0.25, -0.2) is 0 Å². The molecule has 1 aromatic heterocycles. The van der Waals surface area contributed by atoms with E-state index in [0.29, 0.717) is 12.0 Å². The second-order valence-electron chi connectivity index (χ2n) is 5.10. The SMILES string of the molecule is CC(C)C(CCO)NCc1c[nH]c2ccccc12. The number of aliphatic hydroxyl groups is 1. The van der Waals surface area contributed by atoms with Gasteiger partial charge in [-0.05, 0) is 24.0 Å². The zero-order chi connectivity index (χ0) is 13.0. The van der Waals surface area contributed by atoms with Crippen molar-refractivity contribution < 1.29 is 5.11 Å². The molecule has 0 aliphatic heterocycles. The van der Waals surface area contributed by atoms with Crippen LogP contribution in [0, 0.1) is 5.92 Å². The molecule has 2 aromatic rings. The van der Waals surface area contributed by atoms with E-state index in [9.17, 15) is 0 Å². The van der Waals surface area contributed by atoms with Crippen LogP contribution in [0.25, 0.3) is 10.9 Å². The van der Waals surface area contributed by atoms with Crippen LogP contribution >= 0.6 is 0 Å². The number of aliphatic hydroxyl groups excluding tert-OH is 1. The molecule has 0 aliphatic carbocycles. The van der Waals surface area contributed by atoms with Crippen LogP contribution in [0.4, 0.5) is 0 Å². The minimum atomic E-state index is 0.240. The number of hydrogen-bond donors (Lipinski definition) is 3. The zero-order valence-corrected chi connectivity index (χ0v) is 11.1. The third-order valence-electron chi connectivity index (χ3n) is 3.47. The summed E-state index contributed by atoms with van der Waals surface area (Å²) >= 11 is 0. The van der Waals surface area contributed by atoms with Crippen LogP contribution in [0.1, 0.15) is 25.8 Å². The smallest absolute Gasteiger partial charge is 0.0457 e. The van der Waals surface area contributed by atoms with Gasteiger partial charge in [0.1, 0.15) is 0 Å². The molecule has 3 N–H and O–H groups in total. The van der Waals surface area contributed by atoms with Gasteiger partial charge in [-0.3, -0.25) is 0 Å². The monoisotopic (exact) mass is 246 g/mol. The van der Waals surface area contributed by atoms with Gasteiger partial charge in [0, 0.05) is 36.3 Å². The highest BCUT2D eigenvalue weighted by Gasteiger charge is 2.12. The number of H-pyrrole nitrogens is 1. The van der Waals surface area contributed by atoms with E-state index in [4.69, 9.17) is 5.11 Å². The third kappa shape index (κ3) is 2.92. The van der Waals surface area contributed by atoms with Crippen molar-refractivity contribution in [2.45, 2.75) is 32.9 Å². The summed E-state index contributed by atoms with van der Waals surface area (Å²) in [6, 6.07) is 8.70. The lowest BCUT2D eigenvalue weighted by Crippen LogP contribution is -2.34. The number of benzene rings is 1. The molecule has 18 heavy (non-hydrogen) atoms. The van der Waals surface area contributed by atoms with E-state index in [0.717, 1.165) is 13.0 Å². The van der Waals surface area contributed by atoms with Gasteiger partial charge in [-0.15, -0.1) is 0 Å². The highest BCUT2D eigenvalue weighted by molar-refractivity contribution is 5.82. The van der Waals surface area contributed by atoms with E-state index in [1.54, 1.807) is 0 Å². The van der Waals surface area contributed by atoms with Crippen molar-refractivity contribution in [3.05, 3.63) is 36.0 Å². The molecule has 0 amide bonds. The van der Waals surface area contributed by atoms with E-state index in [-0.39, 0.29) is 6.61 Å². The van der Waals surface area contributed by atoms with Crippen molar-refractivity contribution in [3.63, 3.8) is 0 Å². The Balaban J connectivity index is 2.05. The zero-order valence-electron chi connectivity index (χ0n) is 11.1. The Morgan fingerprint density at radius 3 is 2.78 bits per heavy atom. The molecule has 3 heteroatoms. The summed E-state index contributed by atoms with van der Waals surface area (Å²) in [7, 11) is 0. The average molecular weight is 246 g/mol. The molecule has 1 atom stereocenters. The van der Waals surface area contributed by atoms with Crippen molar-refractivity contribution in [1.82, 2.24) is 10.3 Å². The summed E-state index contributed by atoms with van der Waals surface area (Å²) in [6.45, 7) is 5.45. The minimum absolute atomic E-state index is 0.240. The van der Waals surface area contributed by atoms with Gasteiger partial charge in [0.25, 0.3) is 0 Å². The Labute approximate surface area is 108 Å². The lowest BCUT2D eigenvalue weighted by atomic mass is 10.0. The van der Waals surface area contributed by atoms with Crippen molar-refractivity contribution in [2.24, 2.45) is 5.92 Å². The van der Waals surface area contributed by atoms with Crippen LogP contribution in [0.15, 0.2) is 30.5 Å². The van der Waals surface area contributed by atoms with Crippen LogP contribution < -0.4 is 5.32 Å². The summed E-state index contributed by atoms with van der Waals surface area (Å²) in [5.74, 6) is 0.530. The molecular formula is C15H22N2O. The van der Waals surface area contributed by atoms with Crippen LogP contribution in [-0.4, -0.2) is 22.7 Å². The summed E-state index contributed by atoms with van der Waals surface area (Å²) < 4.78 is 0. The number of aromatic amines is 1. The summed E-state index contributed by atoms with van der Waals surface area (Å²) in [4.78, 5) is 3.28. The molecule has 0 aliphatic rings. The second kappa shape index (κ2) is 6.03. The average Bonchev–Trinajstić information content (AvgIpc) is 2.77. The Morgan fingerprint density at radius 2 is 2.06 bits per heavy atom. The molecule has 2 rings (SSSR count). The van der Waals surface area contributed by atoms with Gasteiger partial charge < -0.3 is 15.4 Å². The van der Waals surface area contributed by atoms with Gasteiger partial charge in [-0.2, -0.15) is 0 Å². The lowest BCUT2D eigenvalue weighted by Gasteiger charge is -2.21. The van der Waals surface area contributed by atoms with Crippen molar-refractivity contribution in [3.8, 4) is 0 Å². The second-order valence-corrected chi connectivity index (χ2v) is 5.10. The van der Waals surface area contributed by atoms with Crippen LogP contribution in [-0.2, 0) is 6.54 Å². The highest BCUT2D eigenvalue weighted by Crippen LogP contribution is 2.18. The van der Waals surface area contributed by atoms with Gasteiger partial charge in [0.2, 0.25) is 0 Å². The molecule has 1 heterocycles. The molecule has 0 saturated heterocycles. The molecule has 0 saturated carbocycles. The quantitative estimate of drug-likeness (QED) is 0.734. The predicted molar refractivity (Wildman–Crippen MR) is 75.5 cm³/mol. The van der Waals surface area contributed by atoms with Crippen LogP contribution in [0.3, 0.4) is 0 Å². The molecule has 0 spiro atoms. The van der Waals surface area contributed by atoms with E-state index in [1.165, 1.54) is 16.5 Å². The number of aromatic nitrogens is 1. The first-order valence-electron chi connectivity index (χ1n) is 6.61. The number of rotatable bonds is 6. The number of nitrogens with one attached hydrogen (secondary N) is 2. The van der Waals surface area contributed by atoms with Crippen molar-refractivity contribution in [2.75, 3.05) is 6.61 Å². The number of para-hydroxylation sites is 1. The fourth-order valence-corrected chi connectivity index (χ4v) is 2.33. The normalized spacial score (nSPS) is 13.3. The lowest BCUT2D eigenvalue weighted by molar-refractivity contribution is 0.244. The Kier molecular flexibility index (Phi) is 4.39. The number of fused-ring (bicyclic) bond motifs is 1. The van der Waals surface area contributed by atoms with Crippen LogP contribution in [0.2, 0.25) is 0 Å². The van der Waals surface area contributed by atoms with E-state index in [1.807, 2.05) is 6.07 Å². The molecule has 0 fully saturated rings. The maximum atomic E-state index is 9.07. The van der Waals surface area contributed by atoms with Crippen molar-refractivity contribution >= 4 is 10.9 Å². The van der Waals surface area contributed by atoms with Gasteiger partial charge >= 0.3 is 0 Å². The fraction of sp³-hybridized carbons (Fsp3) is 0.467. The van der Waals surface area contributed by atoms with Crippen LogP contribution in [0.5, 0.6) is 0 Å². The van der Waals surface area contributed by atoms with Gasteiger partial charge in [-0.1, -0.05) is 32.0 Å². The maximum absolute atomic E-state index is 9.07. The van der Waals surface area contributed by atoms with Gasteiger partial charge in [0.05, 0.1) is 0 Å². The Morgan fingerprint density at radius 1 is 1.28 bits per heavy atom. The molecule has 1 unspecified atom stereocenters. The van der Waals surface area contributed by atoms with Gasteiger partial charge in [0.15, 0.2) is 0 Å². The fourth-order valence-electron chi connectivity index (χ4n) is 2.33. The first-order chi connectivity index (χ1) is 8.72. The maximum Gasteiger partial charge on any atom is 0.0457 e. The molecule has 0 radical (unpaired) electrons. The molecule has 98 valence electrons. The summed E-state index contributed by atoms with van der Waals surface area (Å²) in [5.41, 5.74) is 2.46. The summed E-state index contributed by atoms with van der Waals surface area (Å²) in [6.07, 6.45) is 2.87. The highest BCUT2D eigenvalue weighted by atomic mass is 16.3. The Bertz CT molecular complexity index is 490. The third-order valence-corrected chi connectivity index (χ3v) is 3.47. The molecule has 0 bridgehead atoms. The first kappa shape index (κ1) is 13.1. The first-order valence-corrected chi connectivity index (χ1v) is 6.61. The Hall–Kier alpha value is -1.32. The summed E-state index contributed by atoms with van der Waals surface area (Å²) in [5, 5.41) is 13.9.